The van der Waals surface area contributed by atoms with E-state index in [0.717, 1.165) is 24.0 Å². The average molecular weight is 222 g/mol. The van der Waals surface area contributed by atoms with Gasteiger partial charge in [-0.25, -0.2) is 0 Å². The van der Waals surface area contributed by atoms with Crippen LogP contribution in [0.3, 0.4) is 0 Å². The Hall–Kier alpha value is -0.860. The van der Waals surface area contributed by atoms with Crippen LogP contribution >= 0.6 is 0 Å². The van der Waals surface area contributed by atoms with Crippen LogP contribution in [0.15, 0.2) is 36.0 Å². The molecule has 2 heteroatoms. The molecule has 0 atom stereocenters. The summed E-state index contributed by atoms with van der Waals surface area (Å²) in [6.45, 7) is 11.6. The van der Waals surface area contributed by atoms with Gasteiger partial charge in [-0.15, -0.1) is 0 Å². The van der Waals surface area contributed by atoms with E-state index in [2.05, 4.69) is 19.2 Å². The highest BCUT2D eigenvalue weighted by Crippen LogP contribution is 2.40. The van der Waals surface area contributed by atoms with Crippen LogP contribution in [0.5, 0.6) is 0 Å². The molecular formula is C14H22O2. The van der Waals surface area contributed by atoms with Crippen molar-refractivity contribution in [1.29, 1.82) is 0 Å². The van der Waals surface area contributed by atoms with Gasteiger partial charge in [-0.1, -0.05) is 24.8 Å². The van der Waals surface area contributed by atoms with E-state index in [4.69, 9.17) is 9.47 Å². The molecular weight excluding hydrogens is 200 g/mol. The third kappa shape index (κ3) is 2.83. The van der Waals surface area contributed by atoms with Gasteiger partial charge in [0.15, 0.2) is 0 Å². The van der Waals surface area contributed by atoms with Crippen LogP contribution in [0.25, 0.3) is 0 Å². The minimum Gasteiger partial charge on any atom is -0.384 e. The lowest BCUT2D eigenvalue weighted by Gasteiger charge is -2.36. The van der Waals surface area contributed by atoms with Crippen molar-refractivity contribution in [1.82, 2.24) is 0 Å². The van der Waals surface area contributed by atoms with Crippen LogP contribution in [0.1, 0.15) is 19.8 Å². The fraction of sp³-hybridized carbons (Fsp3) is 0.571. The molecule has 1 aliphatic rings. The van der Waals surface area contributed by atoms with Gasteiger partial charge in [-0.3, -0.25) is 0 Å². The van der Waals surface area contributed by atoms with E-state index in [0.29, 0.717) is 13.2 Å². The van der Waals surface area contributed by atoms with Gasteiger partial charge in [0.25, 0.3) is 0 Å². The monoisotopic (exact) mass is 222 g/mol. The molecule has 0 radical (unpaired) electrons. The lowest BCUT2D eigenvalue weighted by atomic mass is 9.73. The molecule has 0 spiro atoms. The molecule has 0 saturated heterocycles. The molecule has 0 aromatic heterocycles. The SMILES string of the molecule is C=C(C)C1=CCC(COC)(COC)CC1=C. The Morgan fingerprint density at radius 2 is 1.94 bits per heavy atom. The van der Waals surface area contributed by atoms with Crippen molar-refractivity contribution in [3.05, 3.63) is 36.0 Å². The zero-order valence-corrected chi connectivity index (χ0v) is 10.6. The van der Waals surface area contributed by atoms with E-state index in [1.807, 2.05) is 6.92 Å². The smallest absolute Gasteiger partial charge is 0.0546 e. The van der Waals surface area contributed by atoms with Gasteiger partial charge in [0.2, 0.25) is 0 Å². The number of allylic oxidation sites excluding steroid dienone is 4. The number of ether oxygens (including phenoxy) is 2. The number of hydrogen-bond donors (Lipinski definition) is 0. The maximum atomic E-state index is 5.31. The highest BCUT2D eigenvalue weighted by atomic mass is 16.5. The second-order valence-electron chi connectivity index (χ2n) is 4.75. The molecule has 0 heterocycles. The van der Waals surface area contributed by atoms with Crippen molar-refractivity contribution in [3.63, 3.8) is 0 Å². The van der Waals surface area contributed by atoms with Gasteiger partial charge in [-0.05, 0) is 30.9 Å². The van der Waals surface area contributed by atoms with E-state index in [1.165, 1.54) is 5.57 Å². The van der Waals surface area contributed by atoms with Crippen molar-refractivity contribution in [3.8, 4) is 0 Å². The lowest BCUT2D eigenvalue weighted by molar-refractivity contribution is 0.0105. The second kappa shape index (κ2) is 5.46. The molecule has 0 aliphatic heterocycles. The van der Waals surface area contributed by atoms with Gasteiger partial charge in [-0.2, -0.15) is 0 Å². The predicted molar refractivity (Wildman–Crippen MR) is 67.5 cm³/mol. The molecule has 2 nitrogen and oxygen atoms in total. The topological polar surface area (TPSA) is 18.5 Å². The molecule has 0 N–H and O–H groups in total. The van der Waals surface area contributed by atoms with Gasteiger partial charge < -0.3 is 9.47 Å². The lowest BCUT2D eigenvalue weighted by Crippen LogP contribution is -2.34. The van der Waals surface area contributed by atoms with Crippen molar-refractivity contribution in [2.45, 2.75) is 19.8 Å². The van der Waals surface area contributed by atoms with Crippen molar-refractivity contribution in [2.75, 3.05) is 27.4 Å². The Labute approximate surface area is 98.6 Å². The molecule has 1 aliphatic carbocycles. The highest BCUT2D eigenvalue weighted by Gasteiger charge is 2.34. The summed E-state index contributed by atoms with van der Waals surface area (Å²) in [6.07, 6.45) is 4.11. The van der Waals surface area contributed by atoms with Gasteiger partial charge >= 0.3 is 0 Å². The highest BCUT2D eigenvalue weighted by molar-refractivity contribution is 5.45. The standard InChI is InChI=1S/C14H22O2/c1-11(2)13-6-7-14(9-15-4,10-16-5)8-12(13)3/h6H,1,3,7-10H2,2,4-5H3. The number of methoxy groups -OCH3 is 2. The first kappa shape index (κ1) is 13.2. The first-order valence-electron chi connectivity index (χ1n) is 5.57. The third-order valence-electron chi connectivity index (χ3n) is 3.07. The minimum atomic E-state index is 0.0551. The van der Waals surface area contributed by atoms with Crippen molar-refractivity contribution >= 4 is 0 Å². The average Bonchev–Trinajstić information content (AvgIpc) is 2.17. The maximum Gasteiger partial charge on any atom is 0.0546 e. The van der Waals surface area contributed by atoms with Gasteiger partial charge in [0.1, 0.15) is 0 Å². The zero-order chi connectivity index (χ0) is 12.2. The van der Waals surface area contributed by atoms with E-state index in [1.54, 1.807) is 14.2 Å². The van der Waals surface area contributed by atoms with Crippen molar-refractivity contribution in [2.24, 2.45) is 5.41 Å². The Kier molecular flexibility index (Phi) is 4.51. The quantitative estimate of drug-likeness (QED) is 0.711. The molecule has 0 bridgehead atoms. The molecule has 0 amide bonds. The van der Waals surface area contributed by atoms with E-state index in [9.17, 15) is 0 Å². The van der Waals surface area contributed by atoms with Gasteiger partial charge in [0, 0.05) is 19.6 Å². The van der Waals surface area contributed by atoms with E-state index >= 15 is 0 Å². The summed E-state index contributed by atoms with van der Waals surface area (Å²) in [6, 6.07) is 0. The number of hydrogen-bond acceptors (Lipinski definition) is 2. The molecule has 0 aromatic rings. The van der Waals surface area contributed by atoms with Crippen LogP contribution in [-0.2, 0) is 9.47 Å². The van der Waals surface area contributed by atoms with Gasteiger partial charge in [0.05, 0.1) is 13.2 Å². The van der Waals surface area contributed by atoms with E-state index in [-0.39, 0.29) is 5.41 Å². The molecule has 16 heavy (non-hydrogen) atoms. The minimum absolute atomic E-state index is 0.0551. The third-order valence-corrected chi connectivity index (χ3v) is 3.07. The molecule has 0 unspecified atom stereocenters. The van der Waals surface area contributed by atoms with Crippen LogP contribution in [0.2, 0.25) is 0 Å². The van der Waals surface area contributed by atoms with Crippen molar-refractivity contribution < 1.29 is 9.47 Å². The van der Waals surface area contributed by atoms with Crippen LogP contribution < -0.4 is 0 Å². The fourth-order valence-electron chi connectivity index (χ4n) is 2.43. The summed E-state index contributed by atoms with van der Waals surface area (Å²) < 4.78 is 10.6. The molecule has 1 rings (SSSR count). The Morgan fingerprint density at radius 1 is 1.38 bits per heavy atom. The second-order valence-corrected chi connectivity index (χ2v) is 4.75. The number of rotatable bonds is 5. The fourth-order valence-corrected chi connectivity index (χ4v) is 2.43. The Morgan fingerprint density at radius 3 is 2.31 bits per heavy atom. The summed E-state index contributed by atoms with van der Waals surface area (Å²) in [7, 11) is 3.47. The summed E-state index contributed by atoms with van der Waals surface area (Å²) >= 11 is 0. The first-order chi connectivity index (χ1) is 7.54. The maximum absolute atomic E-state index is 5.31. The van der Waals surface area contributed by atoms with Crippen LogP contribution in [0, 0.1) is 5.41 Å². The Bertz CT molecular complexity index is 307. The van der Waals surface area contributed by atoms with Crippen LogP contribution in [0.4, 0.5) is 0 Å². The molecule has 0 fully saturated rings. The summed E-state index contributed by atoms with van der Waals surface area (Å²) in [5.74, 6) is 0. The molecule has 0 aromatic carbocycles. The first-order valence-corrected chi connectivity index (χ1v) is 5.57. The Balaban J connectivity index is 2.87. The van der Waals surface area contributed by atoms with Crippen LogP contribution in [-0.4, -0.2) is 27.4 Å². The summed E-state index contributed by atoms with van der Waals surface area (Å²) in [4.78, 5) is 0. The largest absolute Gasteiger partial charge is 0.384 e. The van der Waals surface area contributed by atoms with E-state index < -0.39 is 0 Å². The molecule has 90 valence electrons. The zero-order valence-electron chi connectivity index (χ0n) is 10.6. The summed E-state index contributed by atoms with van der Waals surface area (Å²) in [5, 5.41) is 0. The molecule has 0 saturated carbocycles. The summed E-state index contributed by atoms with van der Waals surface area (Å²) in [5.41, 5.74) is 3.50. The normalized spacial score (nSPS) is 19.4. The predicted octanol–water partition coefficient (Wildman–Crippen LogP) is 3.12.